The third kappa shape index (κ3) is 6.11. The molecule has 38 heavy (non-hydrogen) atoms. The average molecular weight is 532 g/mol. The topological polar surface area (TPSA) is 57.5 Å². The van der Waals surface area contributed by atoms with Crippen molar-refractivity contribution in [3.63, 3.8) is 0 Å². The highest BCUT2D eigenvalue weighted by Crippen LogP contribution is 2.31. The summed E-state index contributed by atoms with van der Waals surface area (Å²) in [5.74, 6) is 1.22. The summed E-state index contributed by atoms with van der Waals surface area (Å²) in [7, 11) is 1.59. The fraction of sp³-hybridized carbons (Fsp3) is 0.312. The predicted molar refractivity (Wildman–Crippen MR) is 152 cm³/mol. The maximum atomic E-state index is 13.5. The van der Waals surface area contributed by atoms with Crippen LogP contribution in [0.5, 0.6) is 5.75 Å². The quantitative estimate of drug-likeness (QED) is 0.207. The number of esters is 1. The van der Waals surface area contributed by atoms with Gasteiger partial charge in [0.1, 0.15) is 12.4 Å². The number of methoxy groups -OCH3 is 1. The molecule has 0 aliphatic heterocycles. The van der Waals surface area contributed by atoms with Crippen molar-refractivity contribution in [2.75, 3.05) is 7.11 Å². The lowest BCUT2D eigenvalue weighted by Gasteiger charge is -2.15. The smallest absolute Gasteiger partial charge is 0.310 e. The van der Waals surface area contributed by atoms with Crippen molar-refractivity contribution in [1.29, 1.82) is 0 Å². The van der Waals surface area contributed by atoms with Gasteiger partial charge in [-0.3, -0.25) is 14.2 Å². The van der Waals surface area contributed by atoms with Crippen LogP contribution in [-0.4, -0.2) is 23.6 Å². The summed E-state index contributed by atoms with van der Waals surface area (Å²) in [6, 6.07) is 20.5. The molecule has 1 unspecified atom stereocenters. The van der Waals surface area contributed by atoms with E-state index in [2.05, 4.69) is 32.9 Å². The number of nitrogens with zero attached hydrogens (tertiary/aromatic N) is 1. The fourth-order valence-electron chi connectivity index (χ4n) is 4.94. The fourth-order valence-corrected chi connectivity index (χ4v) is 5.07. The van der Waals surface area contributed by atoms with Gasteiger partial charge >= 0.3 is 5.97 Å². The summed E-state index contributed by atoms with van der Waals surface area (Å²) in [4.78, 5) is 26.4. The SMILES string of the molecule is COc1ccc2c(c1)c(CC(=O)OCc1ccc(C(C)CC(C)C)cc1)c(C)n2C(=O)c1ccc(Cl)cc1. The molecule has 0 amide bonds. The van der Waals surface area contributed by atoms with Crippen LogP contribution in [-0.2, 0) is 22.6 Å². The van der Waals surface area contributed by atoms with Gasteiger partial charge in [-0.25, -0.2) is 0 Å². The Morgan fingerprint density at radius 3 is 2.26 bits per heavy atom. The molecule has 0 radical (unpaired) electrons. The second kappa shape index (κ2) is 11.9. The first-order chi connectivity index (χ1) is 18.2. The van der Waals surface area contributed by atoms with E-state index in [9.17, 15) is 9.59 Å². The summed E-state index contributed by atoms with van der Waals surface area (Å²) >= 11 is 6.01. The van der Waals surface area contributed by atoms with E-state index in [1.165, 1.54) is 5.56 Å². The average Bonchev–Trinajstić information content (AvgIpc) is 3.17. The van der Waals surface area contributed by atoms with Gasteiger partial charge in [0.05, 0.1) is 19.0 Å². The Kier molecular flexibility index (Phi) is 8.58. The molecular weight excluding hydrogens is 498 g/mol. The number of rotatable bonds is 9. The minimum absolute atomic E-state index is 0.0416. The summed E-state index contributed by atoms with van der Waals surface area (Å²) in [5, 5.41) is 1.34. The van der Waals surface area contributed by atoms with Gasteiger partial charge in [0.2, 0.25) is 0 Å². The van der Waals surface area contributed by atoms with E-state index in [4.69, 9.17) is 21.1 Å². The molecular formula is C32H34ClNO4. The zero-order chi connectivity index (χ0) is 27.4. The van der Waals surface area contributed by atoms with Crippen molar-refractivity contribution < 1.29 is 19.1 Å². The Hall–Kier alpha value is -3.57. The van der Waals surface area contributed by atoms with E-state index in [0.29, 0.717) is 39.4 Å². The van der Waals surface area contributed by atoms with E-state index in [1.54, 1.807) is 42.0 Å². The van der Waals surface area contributed by atoms with Gasteiger partial charge in [-0.2, -0.15) is 0 Å². The molecule has 1 aromatic heterocycles. The summed E-state index contributed by atoms with van der Waals surface area (Å²) in [6.07, 6.45) is 1.17. The van der Waals surface area contributed by atoms with E-state index < -0.39 is 0 Å². The normalized spacial score (nSPS) is 12.1. The third-order valence-corrected chi connectivity index (χ3v) is 7.18. The zero-order valence-electron chi connectivity index (χ0n) is 22.6. The molecule has 3 aromatic carbocycles. The predicted octanol–water partition coefficient (Wildman–Crippen LogP) is 7.74. The third-order valence-electron chi connectivity index (χ3n) is 6.93. The van der Waals surface area contributed by atoms with Crippen LogP contribution in [0.3, 0.4) is 0 Å². The largest absolute Gasteiger partial charge is 0.497 e. The number of carbonyl (C=O) groups is 2. The Bertz CT molecular complexity index is 1440. The van der Waals surface area contributed by atoms with Crippen LogP contribution in [0.1, 0.15) is 65.9 Å². The van der Waals surface area contributed by atoms with Gasteiger partial charge in [0.25, 0.3) is 5.91 Å². The van der Waals surface area contributed by atoms with Gasteiger partial charge in [-0.05, 0) is 84.3 Å². The van der Waals surface area contributed by atoms with Crippen LogP contribution in [0.4, 0.5) is 0 Å². The maximum absolute atomic E-state index is 13.5. The molecule has 0 fully saturated rings. The first kappa shape index (κ1) is 27.5. The lowest BCUT2D eigenvalue weighted by Crippen LogP contribution is -2.14. The highest BCUT2D eigenvalue weighted by atomic mass is 35.5. The van der Waals surface area contributed by atoms with Crippen LogP contribution < -0.4 is 4.74 Å². The number of ether oxygens (including phenoxy) is 2. The lowest BCUT2D eigenvalue weighted by atomic mass is 9.91. The molecule has 0 aliphatic carbocycles. The van der Waals surface area contributed by atoms with E-state index >= 15 is 0 Å². The summed E-state index contributed by atoms with van der Waals surface area (Å²) in [6.45, 7) is 8.74. The van der Waals surface area contributed by atoms with Crippen molar-refractivity contribution in [2.45, 2.75) is 53.1 Å². The molecule has 0 spiro atoms. The molecule has 0 aliphatic rings. The lowest BCUT2D eigenvalue weighted by molar-refractivity contribution is -0.144. The number of fused-ring (bicyclic) bond motifs is 1. The Morgan fingerprint density at radius 1 is 0.947 bits per heavy atom. The Balaban J connectivity index is 1.55. The van der Waals surface area contributed by atoms with Crippen molar-refractivity contribution in [3.8, 4) is 5.75 Å². The number of benzene rings is 3. The van der Waals surface area contributed by atoms with Crippen molar-refractivity contribution in [3.05, 3.63) is 99.7 Å². The van der Waals surface area contributed by atoms with Crippen LogP contribution in [0.25, 0.3) is 10.9 Å². The van der Waals surface area contributed by atoms with E-state index in [-0.39, 0.29) is 24.9 Å². The first-order valence-electron chi connectivity index (χ1n) is 12.9. The van der Waals surface area contributed by atoms with Crippen molar-refractivity contribution in [2.24, 2.45) is 5.92 Å². The Morgan fingerprint density at radius 2 is 1.63 bits per heavy atom. The van der Waals surface area contributed by atoms with Crippen molar-refractivity contribution in [1.82, 2.24) is 4.57 Å². The minimum Gasteiger partial charge on any atom is -0.497 e. The van der Waals surface area contributed by atoms with Crippen LogP contribution in [0.15, 0.2) is 66.7 Å². The standard InChI is InChI=1S/C32H34ClNO4/c1-20(2)16-21(3)24-8-6-23(7-9-24)19-38-31(35)18-28-22(4)34(30-15-14-27(37-5)17-29(28)30)32(36)25-10-12-26(33)13-11-25/h6-15,17,20-21H,16,18-19H2,1-5H3. The molecule has 4 rings (SSSR count). The molecule has 5 nitrogen and oxygen atoms in total. The molecule has 4 aromatic rings. The summed E-state index contributed by atoms with van der Waals surface area (Å²) < 4.78 is 12.7. The number of carbonyl (C=O) groups excluding carboxylic acids is 2. The second-order valence-corrected chi connectivity index (χ2v) is 10.6. The zero-order valence-corrected chi connectivity index (χ0v) is 23.3. The Labute approximate surface area is 229 Å². The maximum Gasteiger partial charge on any atom is 0.310 e. The van der Waals surface area contributed by atoms with E-state index in [0.717, 1.165) is 22.9 Å². The highest BCUT2D eigenvalue weighted by molar-refractivity contribution is 6.30. The molecule has 6 heteroatoms. The molecule has 1 heterocycles. The monoisotopic (exact) mass is 531 g/mol. The number of aromatic nitrogens is 1. The van der Waals surface area contributed by atoms with Gasteiger partial charge in [-0.1, -0.05) is 56.6 Å². The molecule has 1 atom stereocenters. The molecule has 0 N–H and O–H groups in total. The van der Waals surface area contributed by atoms with Gasteiger partial charge in [0.15, 0.2) is 0 Å². The molecule has 0 saturated heterocycles. The minimum atomic E-state index is -0.355. The molecule has 0 saturated carbocycles. The van der Waals surface area contributed by atoms with Crippen LogP contribution in [0, 0.1) is 12.8 Å². The second-order valence-electron chi connectivity index (χ2n) is 10.2. The summed E-state index contributed by atoms with van der Waals surface area (Å²) in [5.41, 5.74) is 4.87. The van der Waals surface area contributed by atoms with Crippen LogP contribution in [0.2, 0.25) is 5.02 Å². The number of hydrogen-bond acceptors (Lipinski definition) is 4. The first-order valence-corrected chi connectivity index (χ1v) is 13.3. The van der Waals surface area contributed by atoms with Crippen LogP contribution >= 0.6 is 11.6 Å². The van der Waals surface area contributed by atoms with Crippen molar-refractivity contribution >= 4 is 34.4 Å². The molecule has 0 bridgehead atoms. The van der Waals surface area contributed by atoms with Gasteiger partial charge < -0.3 is 9.47 Å². The van der Waals surface area contributed by atoms with Gasteiger partial charge in [0, 0.05) is 21.7 Å². The van der Waals surface area contributed by atoms with Gasteiger partial charge in [-0.15, -0.1) is 0 Å². The number of hydrogen-bond donors (Lipinski definition) is 0. The molecule has 198 valence electrons. The van der Waals surface area contributed by atoms with E-state index in [1.807, 2.05) is 31.2 Å². The number of halogens is 1. The highest BCUT2D eigenvalue weighted by Gasteiger charge is 2.22.